The van der Waals surface area contributed by atoms with E-state index < -0.39 is 11.6 Å². The van der Waals surface area contributed by atoms with E-state index in [4.69, 9.17) is 15.0 Å². The van der Waals surface area contributed by atoms with Crippen LogP contribution in [0, 0.1) is 23.0 Å². The van der Waals surface area contributed by atoms with Crippen molar-refractivity contribution in [1.29, 1.82) is 5.26 Å². The first kappa shape index (κ1) is 53.2. The molecule has 16 rings (SSSR count). The number of benzene rings is 10. The molecule has 0 radical (unpaired) electrons. The van der Waals surface area contributed by atoms with Gasteiger partial charge in [-0.2, -0.15) is 5.26 Å². The molecule has 0 aliphatic carbocycles. The third-order valence-corrected chi connectivity index (χ3v) is 17.1. The van der Waals surface area contributed by atoms with Crippen LogP contribution in [0.15, 0.2) is 298 Å². The standard InChI is InChI=1S/C81H49F2N7/c82-61-42-60(43-62(83)48-61)78-76(89-72-31-27-56(64-24-13-36-86-79(64)53-18-7-2-8-19-53)44-67(72)68-45-57(28-32-73(68)89)65-25-14-37-87-80(65)54-20-9-3-10-21-54)40-51(49-84)41-77(78)90-74-33-29-58(66-26-15-38-88-81(66)55-22-11-4-12-23-55)46-69(74)70-47-59(30-34-75(70)90)71-50-85-39-35-63(71)52-16-5-1-6-17-52/h1-48,50H. The van der Waals surface area contributed by atoms with Gasteiger partial charge in [0, 0.05) is 103 Å². The van der Waals surface area contributed by atoms with Crippen LogP contribution < -0.4 is 0 Å². The molecule has 10 aromatic carbocycles. The number of hydrogen-bond donors (Lipinski definition) is 0. The van der Waals surface area contributed by atoms with E-state index in [0.29, 0.717) is 22.5 Å². The van der Waals surface area contributed by atoms with Gasteiger partial charge in [-0.15, -0.1) is 0 Å². The number of nitrogens with zero attached hydrogens (tertiary/aromatic N) is 7. The van der Waals surface area contributed by atoms with E-state index in [9.17, 15) is 5.26 Å². The zero-order valence-corrected chi connectivity index (χ0v) is 48.2. The predicted octanol–water partition coefficient (Wildman–Crippen LogP) is 20.6. The summed E-state index contributed by atoms with van der Waals surface area (Å²) in [7, 11) is 0. The fourth-order valence-corrected chi connectivity index (χ4v) is 13.1. The first-order valence-electron chi connectivity index (χ1n) is 29.7. The lowest BCUT2D eigenvalue weighted by Crippen LogP contribution is -2.05. The van der Waals surface area contributed by atoms with Gasteiger partial charge in [-0.25, -0.2) is 8.78 Å². The maximum atomic E-state index is 16.3. The summed E-state index contributed by atoms with van der Waals surface area (Å²) in [6, 6.07) is 90.5. The Morgan fingerprint density at radius 3 is 1.04 bits per heavy atom. The molecule has 0 saturated heterocycles. The third kappa shape index (κ3) is 9.26. The first-order valence-corrected chi connectivity index (χ1v) is 29.7. The summed E-state index contributed by atoms with van der Waals surface area (Å²) in [6.45, 7) is 0. The van der Waals surface area contributed by atoms with Crippen LogP contribution in [-0.2, 0) is 0 Å². The molecule has 422 valence electrons. The van der Waals surface area contributed by atoms with Gasteiger partial charge in [0.25, 0.3) is 0 Å². The average molecular weight is 1160 g/mol. The summed E-state index contributed by atoms with van der Waals surface area (Å²) >= 11 is 0. The van der Waals surface area contributed by atoms with Crippen LogP contribution in [-0.4, -0.2) is 29.1 Å². The summed E-state index contributed by atoms with van der Waals surface area (Å²) in [5.74, 6) is -1.49. The molecule has 0 spiro atoms. The molecule has 0 aliphatic rings. The third-order valence-electron chi connectivity index (χ3n) is 17.1. The van der Waals surface area contributed by atoms with E-state index in [1.807, 2.05) is 140 Å². The van der Waals surface area contributed by atoms with Crippen molar-refractivity contribution in [2.75, 3.05) is 0 Å². The molecule has 90 heavy (non-hydrogen) atoms. The van der Waals surface area contributed by atoms with Crippen LogP contribution in [0.4, 0.5) is 8.78 Å². The highest BCUT2D eigenvalue weighted by atomic mass is 19.1. The molecule has 0 N–H and O–H groups in total. The second kappa shape index (κ2) is 22.2. The van der Waals surface area contributed by atoms with Crippen molar-refractivity contribution < 1.29 is 8.78 Å². The van der Waals surface area contributed by atoms with Gasteiger partial charge in [0.05, 0.1) is 62.2 Å². The maximum Gasteiger partial charge on any atom is 0.126 e. The lowest BCUT2D eigenvalue weighted by Gasteiger charge is -2.21. The molecule has 0 bridgehead atoms. The Labute approximate surface area is 517 Å². The minimum absolute atomic E-state index is 0.282. The smallest absolute Gasteiger partial charge is 0.126 e. The van der Waals surface area contributed by atoms with Crippen molar-refractivity contribution in [3.05, 3.63) is 315 Å². The number of aromatic nitrogens is 6. The van der Waals surface area contributed by atoms with E-state index in [1.165, 1.54) is 12.1 Å². The van der Waals surface area contributed by atoms with Gasteiger partial charge in [-0.3, -0.25) is 19.9 Å². The number of rotatable bonds is 11. The number of fused-ring (bicyclic) bond motifs is 6. The van der Waals surface area contributed by atoms with Crippen molar-refractivity contribution in [2.45, 2.75) is 0 Å². The average Bonchev–Trinajstić information content (AvgIpc) is 1.55. The molecule has 0 unspecified atom stereocenters. The van der Waals surface area contributed by atoms with Crippen molar-refractivity contribution in [3.8, 4) is 118 Å². The van der Waals surface area contributed by atoms with Gasteiger partial charge < -0.3 is 9.13 Å². The molecule has 0 amide bonds. The topological polar surface area (TPSA) is 85.2 Å². The number of nitriles is 1. The fraction of sp³-hybridized carbons (Fsp3) is 0. The van der Waals surface area contributed by atoms with Gasteiger partial charge in [0.2, 0.25) is 0 Å². The van der Waals surface area contributed by atoms with Crippen LogP contribution in [0.1, 0.15) is 5.56 Å². The van der Waals surface area contributed by atoms with Crippen molar-refractivity contribution in [2.24, 2.45) is 0 Å². The molecule has 0 aliphatic heterocycles. The molecular weight excluding hydrogens is 1110 g/mol. The minimum Gasteiger partial charge on any atom is -0.308 e. The highest BCUT2D eigenvalue weighted by Crippen LogP contribution is 2.47. The first-order chi connectivity index (χ1) is 44.4. The van der Waals surface area contributed by atoms with Crippen molar-refractivity contribution in [1.82, 2.24) is 29.1 Å². The summed E-state index contributed by atoms with van der Waals surface area (Å²) < 4.78 is 37.0. The Balaban J connectivity index is 0.997. The van der Waals surface area contributed by atoms with Gasteiger partial charge >= 0.3 is 0 Å². The molecule has 0 saturated carbocycles. The Hall–Kier alpha value is -12.3. The zero-order valence-electron chi connectivity index (χ0n) is 48.2. The zero-order chi connectivity index (χ0) is 60.2. The molecule has 16 aromatic rings. The van der Waals surface area contributed by atoms with Crippen molar-refractivity contribution in [3.63, 3.8) is 0 Å². The highest BCUT2D eigenvalue weighted by molar-refractivity contribution is 6.15. The largest absolute Gasteiger partial charge is 0.308 e. The van der Waals surface area contributed by atoms with Gasteiger partial charge in [-0.1, -0.05) is 164 Å². The van der Waals surface area contributed by atoms with E-state index in [0.717, 1.165) is 139 Å². The van der Waals surface area contributed by atoms with Crippen LogP contribution in [0.2, 0.25) is 0 Å². The van der Waals surface area contributed by atoms with Gasteiger partial charge in [0.1, 0.15) is 11.6 Å². The second-order valence-electron chi connectivity index (χ2n) is 22.3. The van der Waals surface area contributed by atoms with Gasteiger partial charge in [0.15, 0.2) is 0 Å². The van der Waals surface area contributed by atoms with E-state index in [2.05, 4.69) is 160 Å². The van der Waals surface area contributed by atoms with E-state index in [-0.39, 0.29) is 5.56 Å². The molecule has 0 fully saturated rings. The van der Waals surface area contributed by atoms with Crippen molar-refractivity contribution >= 4 is 43.6 Å². The summed E-state index contributed by atoms with van der Waals surface area (Å²) in [5.41, 5.74) is 20.5. The Morgan fingerprint density at radius 2 is 0.667 bits per heavy atom. The predicted molar refractivity (Wildman–Crippen MR) is 360 cm³/mol. The van der Waals surface area contributed by atoms with E-state index in [1.54, 1.807) is 0 Å². The fourth-order valence-electron chi connectivity index (χ4n) is 13.1. The quantitative estimate of drug-likeness (QED) is 0.129. The normalized spacial score (nSPS) is 11.4. The number of pyridine rings is 4. The Bertz CT molecular complexity index is 4910. The summed E-state index contributed by atoms with van der Waals surface area (Å²) in [6.07, 6.45) is 9.17. The maximum absolute atomic E-state index is 16.3. The summed E-state index contributed by atoms with van der Waals surface area (Å²) in [4.78, 5) is 19.4. The minimum atomic E-state index is -0.743. The second-order valence-corrected chi connectivity index (χ2v) is 22.3. The van der Waals surface area contributed by atoms with Crippen LogP contribution in [0.5, 0.6) is 0 Å². The highest BCUT2D eigenvalue weighted by Gasteiger charge is 2.27. The summed E-state index contributed by atoms with van der Waals surface area (Å²) in [5, 5.41) is 15.0. The Kier molecular flexibility index (Phi) is 13.2. The van der Waals surface area contributed by atoms with Crippen LogP contribution in [0.3, 0.4) is 0 Å². The van der Waals surface area contributed by atoms with Crippen LogP contribution >= 0.6 is 0 Å². The molecular formula is C81H49F2N7. The molecule has 9 heteroatoms. The lowest BCUT2D eigenvalue weighted by molar-refractivity contribution is 0.584. The van der Waals surface area contributed by atoms with Crippen LogP contribution in [0.25, 0.3) is 156 Å². The molecule has 6 heterocycles. The van der Waals surface area contributed by atoms with Gasteiger partial charge in [-0.05, 0) is 136 Å². The lowest BCUT2D eigenvalue weighted by atomic mass is 9.95. The molecule has 0 atom stereocenters. The SMILES string of the molecule is N#Cc1cc(-n2c3ccc(-c4cnccc4-c4ccccc4)cc3c3cc(-c4cccnc4-c4ccccc4)ccc32)c(-c2cc(F)cc(F)c2)c(-n2c3ccc(-c4cccnc4-c4ccccc4)cc3c3cc(-c4cccnc4-c4ccccc4)ccc32)c1. The van der Waals surface area contributed by atoms with E-state index >= 15 is 8.78 Å². The monoisotopic (exact) mass is 1160 g/mol. The molecule has 7 nitrogen and oxygen atoms in total. The Morgan fingerprint density at radius 1 is 0.300 bits per heavy atom. The number of hydrogen-bond acceptors (Lipinski definition) is 5. The molecule has 6 aromatic heterocycles. The number of halogens is 2.